The largest absolute Gasteiger partial charge is 0.479 e. The second-order valence-electron chi connectivity index (χ2n) is 4.21. The first-order chi connectivity index (χ1) is 8.92. The van der Waals surface area contributed by atoms with E-state index >= 15 is 0 Å². The molecule has 0 aliphatic carbocycles. The van der Waals surface area contributed by atoms with Gasteiger partial charge in [-0.25, -0.2) is 0 Å². The van der Waals surface area contributed by atoms with Gasteiger partial charge in [0.05, 0.1) is 31.6 Å². The van der Waals surface area contributed by atoms with E-state index in [0.29, 0.717) is 26.1 Å². The third-order valence-electron chi connectivity index (χ3n) is 2.94. The van der Waals surface area contributed by atoms with Gasteiger partial charge in [0.15, 0.2) is 11.8 Å². The van der Waals surface area contributed by atoms with Crippen LogP contribution in [0.2, 0.25) is 0 Å². The van der Waals surface area contributed by atoms with E-state index in [1.807, 2.05) is 6.07 Å². The first kappa shape index (κ1) is 11.2. The van der Waals surface area contributed by atoms with Gasteiger partial charge in [0.1, 0.15) is 13.2 Å². The predicted molar refractivity (Wildman–Crippen MR) is 68.2 cm³/mol. The fraction of sp³-hybridized carbons (Fsp3) is 0.462. The van der Waals surface area contributed by atoms with Crippen molar-refractivity contribution in [2.24, 2.45) is 9.98 Å². The highest BCUT2D eigenvalue weighted by atomic mass is 16.5. The second-order valence-corrected chi connectivity index (χ2v) is 4.21. The van der Waals surface area contributed by atoms with Gasteiger partial charge in [-0.15, -0.1) is 0 Å². The van der Waals surface area contributed by atoms with Gasteiger partial charge >= 0.3 is 0 Å². The molecule has 0 atom stereocenters. The van der Waals surface area contributed by atoms with E-state index in [-0.39, 0.29) is 0 Å². The van der Waals surface area contributed by atoms with Crippen molar-refractivity contribution in [3.63, 3.8) is 0 Å². The minimum atomic E-state index is 0.656. The molecule has 0 unspecified atom stereocenters. The fourth-order valence-electron chi connectivity index (χ4n) is 2.07. The molecule has 94 valence electrons. The molecule has 1 aromatic heterocycles. The topological polar surface area (TPSA) is 56.1 Å². The summed E-state index contributed by atoms with van der Waals surface area (Å²) in [4.78, 5) is 13.0. The van der Waals surface area contributed by atoms with Crippen molar-refractivity contribution in [3.8, 4) is 0 Å². The Balaban J connectivity index is 1.76. The Labute approximate surface area is 106 Å². The first-order valence-corrected chi connectivity index (χ1v) is 6.17. The lowest BCUT2D eigenvalue weighted by Gasteiger charge is -2.08. The van der Waals surface area contributed by atoms with E-state index in [1.165, 1.54) is 0 Å². The fourth-order valence-corrected chi connectivity index (χ4v) is 2.07. The smallest absolute Gasteiger partial charge is 0.189 e. The highest BCUT2D eigenvalue weighted by Gasteiger charge is 2.15. The van der Waals surface area contributed by atoms with Crippen LogP contribution in [0, 0.1) is 0 Å². The lowest BCUT2D eigenvalue weighted by Crippen LogP contribution is -2.11. The Morgan fingerprint density at radius 3 is 2.39 bits per heavy atom. The predicted octanol–water partition coefficient (Wildman–Crippen LogP) is 1.02. The first-order valence-electron chi connectivity index (χ1n) is 6.17. The molecule has 1 aromatic rings. The zero-order valence-electron chi connectivity index (χ0n) is 10.1. The van der Waals surface area contributed by atoms with Crippen LogP contribution in [0.3, 0.4) is 0 Å². The van der Waals surface area contributed by atoms with Gasteiger partial charge < -0.3 is 9.47 Å². The van der Waals surface area contributed by atoms with Crippen LogP contribution >= 0.6 is 0 Å². The molecule has 0 fully saturated rings. The molecule has 18 heavy (non-hydrogen) atoms. The van der Waals surface area contributed by atoms with Crippen LogP contribution in [0.5, 0.6) is 0 Å². The number of hydrogen-bond acceptors (Lipinski definition) is 5. The quantitative estimate of drug-likeness (QED) is 0.796. The summed E-state index contributed by atoms with van der Waals surface area (Å²) in [5.74, 6) is 1.59. The number of aromatic nitrogens is 1. The van der Waals surface area contributed by atoms with E-state index in [0.717, 1.165) is 36.1 Å². The number of hydrogen-bond donors (Lipinski definition) is 0. The van der Waals surface area contributed by atoms with Gasteiger partial charge in [0.2, 0.25) is 0 Å². The zero-order valence-corrected chi connectivity index (χ0v) is 10.1. The average Bonchev–Trinajstić information content (AvgIpc) is 3.05. The lowest BCUT2D eigenvalue weighted by atomic mass is 10.1. The number of aliphatic imine (C=N–C) groups is 2. The standard InChI is InChI=1S/C13H15N3O2/c1-2-10(8-12-15-4-6-17-12)11(14-3-1)9-13-16-5-7-18-13/h1-3H,4-9H2. The van der Waals surface area contributed by atoms with Crippen molar-refractivity contribution < 1.29 is 9.47 Å². The highest BCUT2D eigenvalue weighted by Crippen LogP contribution is 2.12. The summed E-state index contributed by atoms with van der Waals surface area (Å²) >= 11 is 0. The molecular weight excluding hydrogens is 230 g/mol. The Morgan fingerprint density at radius 2 is 1.72 bits per heavy atom. The molecule has 0 bridgehead atoms. The van der Waals surface area contributed by atoms with Crippen LogP contribution in [-0.4, -0.2) is 43.1 Å². The van der Waals surface area contributed by atoms with Crippen LogP contribution < -0.4 is 0 Å². The molecule has 2 aliphatic rings. The second kappa shape index (κ2) is 5.16. The normalized spacial score (nSPS) is 18.0. The molecule has 0 radical (unpaired) electrons. The van der Waals surface area contributed by atoms with Gasteiger partial charge in [-0.3, -0.25) is 15.0 Å². The average molecular weight is 245 g/mol. The number of nitrogens with zero attached hydrogens (tertiary/aromatic N) is 3. The summed E-state index contributed by atoms with van der Waals surface area (Å²) in [6.45, 7) is 2.90. The highest BCUT2D eigenvalue weighted by molar-refractivity contribution is 5.82. The van der Waals surface area contributed by atoms with Crippen molar-refractivity contribution in [3.05, 3.63) is 29.6 Å². The Bertz CT molecular complexity index is 452. The van der Waals surface area contributed by atoms with Crippen molar-refractivity contribution in [2.45, 2.75) is 12.8 Å². The van der Waals surface area contributed by atoms with E-state index in [1.54, 1.807) is 6.20 Å². The number of pyridine rings is 1. The molecule has 0 spiro atoms. The van der Waals surface area contributed by atoms with E-state index in [9.17, 15) is 0 Å². The van der Waals surface area contributed by atoms with Crippen molar-refractivity contribution in [2.75, 3.05) is 26.3 Å². The van der Waals surface area contributed by atoms with E-state index < -0.39 is 0 Å². The molecule has 5 nitrogen and oxygen atoms in total. The van der Waals surface area contributed by atoms with Crippen LogP contribution in [0.1, 0.15) is 11.3 Å². The molecule has 0 aromatic carbocycles. The molecule has 0 N–H and O–H groups in total. The van der Waals surface area contributed by atoms with Gasteiger partial charge in [0, 0.05) is 6.20 Å². The maximum Gasteiger partial charge on any atom is 0.189 e. The minimum Gasteiger partial charge on any atom is -0.479 e. The SMILES string of the molecule is c1cnc(CC2=NCCO2)c(CC2=NCCO2)c1. The summed E-state index contributed by atoms with van der Waals surface area (Å²) in [5.41, 5.74) is 2.13. The van der Waals surface area contributed by atoms with Gasteiger partial charge in [-0.2, -0.15) is 0 Å². The lowest BCUT2D eigenvalue weighted by molar-refractivity contribution is 0.339. The molecule has 2 aliphatic heterocycles. The Morgan fingerprint density at radius 1 is 1.00 bits per heavy atom. The summed E-state index contributed by atoms with van der Waals surface area (Å²) in [5, 5.41) is 0. The summed E-state index contributed by atoms with van der Waals surface area (Å²) in [7, 11) is 0. The molecule has 0 saturated heterocycles. The van der Waals surface area contributed by atoms with Crippen LogP contribution in [0.4, 0.5) is 0 Å². The van der Waals surface area contributed by atoms with Crippen LogP contribution in [0.25, 0.3) is 0 Å². The van der Waals surface area contributed by atoms with Crippen molar-refractivity contribution in [1.29, 1.82) is 0 Å². The van der Waals surface area contributed by atoms with Gasteiger partial charge in [-0.1, -0.05) is 6.07 Å². The molecule has 3 heterocycles. The third kappa shape index (κ3) is 2.50. The van der Waals surface area contributed by atoms with Crippen LogP contribution in [0.15, 0.2) is 28.3 Å². The number of rotatable bonds is 4. The van der Waals surface area contributed by atoms with E-state index in [4.69, 9.17) is 9.47 Å². The Hall–Kier alpha value is -1.91. The third-order valence-corrected chi connectivity index (χ3v) is 2.94. The molecular formula is C13H15N3O2. The minimum absolute atomic E-state index is 0.656. The van der Waals surface area contributed by atoms with Gasteiger partial charge in [-0.05, 0) is 11.6 Å². The Kier molecular flexibility index (Phi) is 3.21. The maximum atomic E-state index is 5.44. The molecule has 0 amide bonds. The molecule has 3 rings (SSSR count). The van der Waals surface area contributed by atoms with Crippen molar-refractivity contribution in [1.82, 2.24) is 4.98 Å². The zero-order chi connectivity index (χ0) is 12.2. The summed E-state index contributed by atoms with van der Waals surface area (Å²) in [6, 6.07) is 3.99. The monoisotopic (exact) mass is 245 g/mol. The van der Waals surface area contributed by atoms with Crippen molar-refractivity contribution >= 4 is 11.8 Å². The van der Waals surface area contributed by atoms with E-state index in [2.05, 4.69) is 21.0 Å². The molecule has 5 heteroatoms. The summed E-state index contributed by atoms with van der Waals surface area (Å²) in [6.07, 6.45) is 3.16. The maximum absolute atomic E-state index is 5.44. The molecule has 0 saturated carbocycles. The van der Waals surface area contributed by atoms with Gasteiger partial charge in [0.25, 0.3) is 0 Å². The van der Waals surface area contributed by atoms with Crippen LogP contribution in [-0.2, 0) is 22.3 Å². The summed E-state index contributed by atoms with van der Waals surface area (Å²) < 4.78 is 10.9. The number of ether oxygens (including phenoxy) is 2.